The van der Waals surface area contributed by atoms with Crippen molar-refractivity contribution in [3.63, 3.8) is 0 Å². The van der Waals surface area contributed by atoms with Gasteiger partial charge in [-0.1, -0.05) is 19.1 Å². The van der Waals surface area contributed by atoms with E-state index in [0.29, 0.717) is 23.7 Å². The van der Waals surface area contributed by atoms with E-state index in [4.69, 9.17) is 9.47 Å². The van der Waals surface area contributed by atoms with Crippen LogP contribution in [0.2, 0.25) is 0 Å². The number of hydrogen-bond acceptors (Lipinski definition) is 5. The number of fused-ring (bicyclic) bond motifs is 1. The highest BCUT2D eigenvalue weighted by atomic mass is 16.7. The molecule has 2 amide bonds. The second-order valence-electron chi connectivity index (χ2n) is 7.33. The van der Waals surface area contributed by atoms with Crippen LogP contribution in [0, 0.1) is 0 Å². The van der Waals surface area contributed by atoms with E-state index in [2.05, 4.69) is 17.2 Å². The van der Waals surface area contributed by atoms with Gasteiger partial charge in [0.15, 0.2) is 11.5 Å². The van der Waals surface area contributed by atoms with Crippen LogP contribution in [0.3, 0.4) is 0 Å². The van der Waals surface area contributed by atoms with Crippen LogP contribution >= 0.6 is 0 Å². The Bertz CT molecular complexity index is 915. The monoisotopic (exact) mass is 395 g/mol. The van der Waals surface area contributed by atoms with Gasteiger partial charge < -0.3 is 19.7 Å². The minimum absolute atomic E-state index is 0.0954. The molecule has 7 heteroatoms. The molecule has 2 aliphatic rings. The molecule has 0 radical (unpaired) electrons. The van der Waals surface area contributed by atoms with Crippen molar-refractivity contribution < 1.29 is 19.1 Å². The highest BCUT2D eigenvalue weighted by molar-refractivity contribution is 5.96. The Balaban J connectivity index is 1.42. The first-order valence-corrected chi connectivity index (χ1v) is 10.1. The molecule has 1 unspecified atom stereocenters. The molecule has 0 spiro atoms. The van der Waals surface area contributed by atoms with Crippen LogP contribution in [-0.4, -0.2) is 41.1 Å². The van der Waals surface area contributed by atoms with Crippen LogP contribution in [0.15, 0.2) is 36.4 Å². The van der Waals surface area contributed by atoms with Crippen LogP contribution in [0.5, 0.6) is 11.5 Å². The zero-order valence-corrected chi connectivity index (χ0v) is 16.5. The summed E-state index contributed by atoms with van der Waals surface area (Å²) in [7, 11) is 0. The Kier molecular flexibility index (Phi) is 5.64. The number of rotatable bonds is 5. The topological polar surface area (TPSA) is 80.8 Å². The Morgan fingerprint density at radius 2 is 1.97 bits per heavy atom. The fraction of sp³-hybridized carbons (Fsp3) is 0.409. The molecule has 4 rings (SSSR count). The van der Waals surface area contributed by atoms with Crippen molar-refractivity contribution in [1.82, 2.24) is 15.2 Å². The van der Waals surface area contributed by atoms with Gasteiger partial charge in [-0.2, -0.15) is 0 Å². The van der Waals surface area contributed by atoms with Crippen molar-refractivity contribution in [3.8, 4) is 11.5 Å². The Morgan fingerprint density at radius 1 is 1.14 bits per heavy atom. The molecule has 0 saturated carbocycles. The molecular weight excluding hydrogens is 370 g/mol. The van der Waals surface area contributed by atoms with Gasteiger partial charge in [0.05, 0.1) is 0 Å². The lowest BCUT2D eigenvalue weighted by Crippen LogP contribution is -2.43. The standard InChI is InChI=1S/C22H25N3O4/c1-2-16-6-3-4-11-25(16)22(27)18-8-5-7-17(24-18)21(26)23-13-15-9-10-19-20(12-15)29-14-28-19/h5,7-10,12,16H,2-4,6,11,13-14H2,1H3,(H,23,26). The summed E-state index contributed by atoms with van der Waals surface area (Å²) < 4.78 is 10.7. The Morgan fingerprint density at radius 3 is 2.83 bits per heavy atom. The third-order valence-electron chi connectivity index (χ3n) is 5.45. The molecule has 1 fully saturated rings. The number of carbonyl (C=O) groups excluding carboxylic acids is 2. The molecular formula is C22H25N3O4. The van der Waals surface area contributed by atoms with Crippen molar-refractivity contribution in [1.29, 1.82) is 0 Å². The first-order chi connectivity index (χ1) is 14.2. The largest absolute Gasteiger partial charge is 0.454 e. The first kappa shape index (κ1) is 19.2. The van der Waals surface area contributed by atoms with Gasteiger partial charge in [-0.3, -0.25) is 9.59 Å². The Labute approximate surface area is 170 Å². The fourth-order valence-corrected chi connectivity index (χ4v) is 3.84. The molecule has 1 aromatic carbocycles. The summed E-state index contributed by atoms with van der Waals surface area (Å²) in [5, 5.41) is 2.85. The molecule has 3 heterocycles. The van der Waals surface area contributed by atoms with E-state index < -0.39 is 0 Å². The number of amides is 2. The summed E-state index contributed by atoms with van der Waals surface area (Å²) in [6, 6.07) is 10.8. The second-order valence-corrected chi connectivity index (χ2v) is 7.33. The van der Waals surface area contributed by atoms with Gasteiger partial charge in [0.25, 0.3) is 11.8 Å². The second kappa shape index (κ2) is 8.51. The maximum absolute atomic E-state index is 12.9. The molecule has 1 atom stereocenters. The summed E-state index contributed by atoms with van der Waals surface area (Å²) in [6.45, 7) is 3.40. The molecule has 152 valence electrons. The minimum Gasteiger partial charge on any atom is -0.454 e. The highest BCUT2D eigenvalue weighted by Crippen LogP contribution is 2.32. The van der Waals surface area contributed by atoms with E-state index in [1.54, 1.807) is 18.2 Å². The van der Waals surface area contributed by atoms with Gasteiger partial charge in [-0.05, 0) is 55.5 Å². The lowest BCUT2D eigenvalue weighted by atomic mass is 9.99. The smallest absolute Gasteiger partial charge is 0.272 e. The third-order valence-corrected chi connectivity index (χ3v) is 5.45. The maximum Gasteiger partial charge on any atom is 0.272 e. The molecule has 1 N–H and O–H groups in total. The summed E-state index contributed by atoms with van der Waals surface area (Å²) in [6.07, 6.45) is 4.12. The van der Waals surface area contributed by atoms with E-state index >= 15 is 0 Å². The molecule has 7 nitrogen and oxygen atoms in total. The number of pyridine rings is 1. The molecule has 0 aliphatic carbocycles. The molecule has 29 heavy (non-hydrogen) atoms. The SMILES string of the molecule is CCC1CCCCN1C(=O)c1cccc(C(=O)NCc2ccc3c(c2)OCO3)n1. The number of carbonyl (C=O) groups is 2. The number of ether oxygens (including phenoxy) is 2. The maximum atomic E-state index is 12.9. The van der Waals surface area contributed by atoms with Gasteiger partial charge in [0, 0.05) is 19.1 Å². The van der Waals surface area contributed by atoms with Crippen LogP contribution in [0.4, 0.5) is 0 Å². The zero-order chi connectivity index (χ0) is 20.2. The van der Waals surface area contributed by atoms with E-state index in [1.165, 1.54) is 0 Å². The van der Waals surface area contributed by atoms with Crippen LogP contribution in [0.1, 0.15) is 59.1 Å². The quantitative estimate of drug-likeness (QED) is 0.841. The number of likely N-dealkylation sites (tertiary alicyclic amines) is 1. The lowest BCUT2D eigenvalue weighted by Gasteiger charge is -2.35. The third kappa shape index (κ3) is 4.18. The molecule has 1 aromatic heterocycles. The summed E-state index contributed by atoms with van der Waals surface area (Å²) in [4.78, 5) is 31.7. The van der Waals surface area contributed by atoms with Crippen molar-refractivity contribution >= 4 is 11.8 Å². The lowest BCUT2D eigenvalue weighted by molar-refractivity contribution is 0.0602. The summed E-state index contributed by atoms with van der Waals surface area (Å²) in [5.41, 5.74) is 1.46. The number of aromatic nitrogens is 1. The van der Waals surface area contributed by atoms with E-state index in [0.717, 1.165) is 37.8 Å². The number of benzene rings is 1. The van der Waals surface area contributed by atoms with Gasteiger partial charge in [0.1, 0.15) is 11.4 Å². The van der Waals surface area contributed by atoms with Gasteiger partial charge in [-0.15, -0.1) is 0 Å². The van der Waals surface area contributed by atoms with E-state index in [9.17, 15) is 9.59 Å². The van der Waals surface area contributed by atoms with Gasteiger partial charge in [-0.25, -0.2) is 4.98 Å². The number of piperidine rings is 1. The molecule has 2 aliphatic heterocycles. The van der Waals surface area contributed by atoms with Crippen LogP contribution in [0.25, 0.3) is 0 Å². The number of nitrogens with one attached hydrogen (secondary N) is 1. The van der Waals surface area contributed by atoms with Gasteiger partial charge in [0.2, 0.25) is 6.79 Å². The minimum atomic E-state index is -0.317. The molecule has 2 aromatic rings. The highest BCUT2D eigenvalue weighted by Gasteiger charge is 2.27. The molecule has 0 bridgehead atoms. The van der Waals surface area contributed by atoms with Crippen molar-refractivity contribution in [3.05, 3.63) is 53.3 Å². The average molecular weight is 395 g/mol. The summed E-state index contributed by atoms with van der Waals surface area (Å²) >= 11 is 0. The average Bonchev–Trinajstić information content (AvgIpc) is 3.25. The summed E-state index contributed by atoms with van der Waals surface area (Å²) in [5.74, 6) is 0.968. The first-order valence-electron chi connectivity index (χ1n) is 10.1. The number of hydrogen-bond donors (Lipinski definition) is 1. The van der Waals surface area contributed by atoms with Crippen molar-refractivity contribution in [2.24, 2.45) is 0 Å². The van der Waals surface area contributed by atoms with Crippen LogP contribution in [-0.2, 0) is 6.54 Å². The predicted octanol–water partition coefficient (Wildman–Crippen LogP) is 3.15. The van der Waals surface area contributed by atoms with E-state index in [1.807, 2.05) is 23.1 Å². The molecule has 1 saturated heterocycles. The van der Waals surface area contributed by atoms with Crippen LogP contribution < -0.4 is 14.8 Å². The zero-order valence-electron chi connectivity index (χ0n) is 16.5. The number of nitrogens with zero attached hydrogens (tertiary/aromatic N) is 2. The predicted molar refractivity (Wildman–Crippen MR) is 107 cm³/mol. The normalized spacial score (nSPS) is 17.8. The fourth-order valence-electron chi connectivity index (χ4n) is 3.84. The van der Waals surface area contributed by atoms with Crippen molar-refractivity contribution in [2.75, 3.05) is 13.3 Å². The Hall–Kier alpha value is -3.09. The van der Waals surface area contributed by atoms with E-state index in [-0.39, 0.29) is 30.3 Å². The van der Waals surface area contributed by atoms with Crippen molar-refractivity contribution in [2.45, 2.75) is 45.2 Å². The van der Waals surface area contributed by atoms with Gasteiger partial charge >= 0.3 is 0 Å².